The van der Waals surface area contributed by atoms with Gasteiger partial charge in [0.2, 0.25) is 0 Å². The molecule has 3 heteroatoms. The summed E-state index contributed by atoms with van der Waals surface area (Å²) in [5.74, 6) is 0.793. The van der Waals surface area contributed by atoms with Crippen molar-refractivity contribution >= 4 is 0 Å². The molecule has 3 nitrogen and oxygen atoms in total. The zero-order chi connectivity index (χ0) is 6.81. The highest BCUT2D eigenvalue weighted by Crippen LogP contribution is 2.19. The highest BCUT2D eigenvalue weighted by atomic mass is 17.3. The summed E-state index contributed by atoms with van der Waals surface area (Å²) in [5, 5.41) is 0. The maximum atomic E-state index is 4.81. The molecule has 1 aliphatic heterocycles. The van der Waals surface area contributed by atoms with Gasteiger partial charge in [0.05, 0.1) is 6.54 Å². The van der Waals surface area contributed by atoms with Gasteiger partial charge in [0, 0.05) is 5.56 Å². The van der Waals surface area contributed by atoms with Crippen molar-refractivity contribution in [3.05, 3.63) is 29.8 Å². The predicted octanol–water partition coefficient (Wildman–Crippen LogP) is 1.02. The van der Waals surface area contributed by atoms with Crippen molar-refractivity contribution in [1.29, 1.82) is 0 Å². The minimum atomic E-state index is 0.705. The molecule has 0 atom stereocenters. The molecular weight excluding hydrogens is 130 g/mol. The third kappa shape index (κ3) is 0.853. The van der Waals surface area contributed by atoms with Gasteiger partial charge < -0.3 is 4.89 Å². The number of para-hydroxylation sites is 1. The first kappa shape index (κ1) is 5.70. The van der Waals surface area contributed by atoms with Crippen LogP contribution in [0, 0.1) is 0 Å². The zero-order valence-electron chi connectivity index (χ0n) is 5.33. The van der Waals surface area contributed by atoms with E-state index in [-0.39, 0.29) is 0 Å². The van der Waals surface area contributed by atoms with Crippen LogP contribution in [0.2, 0.25) is 0 Å². The summed E-state index contributed by atoms with van der Waals surface area (Å²) in [7, 11) is 0. The number of fused-ring (bicyclic) bond motifs is 1. The van der Waals surface area contributed by atoms with Crippen LogP contribution in [-0.4, -0.2) is 0 Å². The first-order chi connectivity index (χ1) is 4.97. The van der Waals surface area contributed by atoms with Crippen LogP contribution in [0.25, 0.3) is 0 Å². The molecule has 1 aromatic rings. The molecule has 0 saturated heterocycles. The number of hydroxylamine groups is 1. The van der Waals surface area contributed by atoms with Crippen LogP contribution in [0.1, 0.15) is 5.56 Å². The van der Waals surface area contributed by atoms with Crippen LogP contribution in [0.3, 0.4) is 0 Å². The van der Waals surface area contributed by atoms with E-state index in [2.05, 4.69) is 10.5 Å². The van der Waals surface area contributed by atoms with Crippen molar-refractivity contribution < 1.29 is 9.88 Å². The third-order valence-electron chi connectivity index (χ3n) is 1.43. The van der Waals surface area contributed by atoms with Gasteiger partial charge in [0.1, 0.15) is 0 Å². The van der Waals surface area contributed by atoms with Gasteiger partial charge in [-0.1, -0.05) is 23.2 Å². The Balaban J connectivity index is 2.41. The van der Waals surface area contributed by atoms with Gasteiger partial charge in [0.25, 0.3) is 0 Å². The summed E-state index contributed by atoms with van der Waals surface area (Å²) in [4.78, 5) is 9.36. The van der Waals surface area contributed by atoms with E-state index < -0.39 is 0 Å². The lowest BCUT2D eigenvalue weighted by molar-refractivity contribution is -0.270. The molecule has 0 unspecified atom stereocenters. The molecule has 0 saturated carbocycles. The highest BCUT2D eigenvalue weighted by Gasteiger charge is 2.08. The van der Waals surface area contributed by atoms with Gasteiger partial charge in [-0.15, -0.1) is 0 Å². The molecule has 1 heterocycles. The third-order valence-corrected chi connectivity index (χ3v) is 1.43. The molecule has 0 radical (unpaired) electrons. The maximum Gasteiger partial charge on any atom is 0.172 e. The number of hydrogen-bond donors (Lipinski definition) is 1. The number of nitrogens with one attached hydrogen (secondary N) is 1. The smallest absolute Gasteiger partial charge is 0.172 e. The SMILES string of the molecule is c1ccc2c(c1)CNOO2. The van der Waals surface area contributed by atoms with Crippen LogP contribution in [0.5, 0.6) is 5.75 Å². The van der Waals surface area contributed by atoms with E-state index in [9.17, 15) is 0 Å². The second-order valence-corrected chi connectivity index (χ2v) is 2.10. The van der Waals surface area contributed by atoms with Crippen molar-refractivity contribution in [2.24, 2.45) is 0 Å². The molecule has 2 rings (SSSR count). The van der Waals surface area contributed by atoms with Gasteiger partial charge in [-0.2, -0.15) is 5.48 Å². The Morgan fingerprint density at radius 2 is 2.20 bits per heavy atom. The summed E-state index contributed by atoms with van der Waals surface area (Å²) in [6.45, 7) is 0.705. The average molecular weight is 137 g/mol. The number of benzene rings is 1. The largest absolute Gasteiger partial charge is 0.319 e. The summed E-state index contributed by atoms with van der Waals surface area (Å²) in [6.07, 6.45) is 0. The Bertz CT molecular complexity index is 212. The van der Waals surface area contributed by atoms with Crippen molar-refractivity contribution in [3.8, 4) is 5.75 Å². The molecule has 0 spiro atoms. The second-order valence-electron chi connectivity index (χ2n) is 2.10. The Hall–Kier alpha value is -1.06. The predicted molar refractivity (Wildman–Crippen MR) is 35.0 cm³/mol. The number of rotatable bonds is 0. The van der Waals surface area contributed by atoms with Gasteiger partial charge in [-0.3, -0.25) is 0 Å². The summed E-state index contributed by atoms with van der Waals surface area (Å²) < 4.78 is 0. The minimum Gasteiger partial charge on any atom is -0.319 e. The molecule has 1 aromatic carbocycles. The van der Waals surface area contributed by atoms with Crippen molar-refractivity contribution in [2.75, 3.05) is 0 Å². The molecule has 1 aliphatic rings. The maximum absolute atomic E-state index is 4.81. The zero-order valence-corrected chi connectivity index (χ0v) is 5.33. The van der Waals surface area contributed by atoms with Crippen LogP contribution in [0.4, 0.5) is 0 Å². The van der Waals surface area contributed by atoms with Crippen LogP contribution < -0.4 is 10.4 Å². The van der Waals surface area contributed by atoms with Gasteiger partial charge in [-0.05, 0) is 6.07 Å². The van der Waals surface area contributed by atoms with Crippen molar-refractivity contribution in [2.45, 2.75) is 6.54 Å². The van der Waals surface area contributed by atoms with Crippen molar-refractivity contribution in [1.82, 2.24) is 5.48 Å². The summed E-state index contributed by atoms with van der Waals surface area (Å²) >= 11 is 0. The van der Waals surface area contributed by atoms with Gasteiger partial charge in [0.15, 0.2) is 5.75 Å². The highest BCUT2D eigenvalue weighted by molar-refractivity contribution is 5.32. The first-order valence-corrected chi connectivity index (χ1v) is 3.11. The van der Waals surface area contributed by atoms with Gasteiger partial charge >= 0.3 is 0 Å². The lowest BCUT2D eigenvalue weighted by atomic mass is 10.2. The Morgan fingerprint density at radius 3 is 3.10 bits per heavy atom. The molecule has 10 heavy (non-hydrogen) atoms. The van der Waals surface area contributed by atoms with E-state index in [0.29, 0.717) is 6.54 Å². The van der Waals surface area contributed by atoms with E-state index >= 15 is 0 Å². The van der Waals surface area contributed by atoms with Crippen molar-refractivity contribution in [3.63, 3.8) is 0 Å². The molecule has 1 N–H and O–H groups in total. The monoisotopic (exact) mass is 137 g/mol. The molecule has 0 bridgehead atoms. The average Bonchev–Trinajstić information content (AvgIpc) is 2.05. The van der Waals surface area contributed by atoms with E-state index in [0.717, 1.165) is 11.3 Å². The van der Waals surface area contributed by atoms with E-state index in [1.165, 1.54) is 0 Å². The molecule has 0 fully saturated rings. The minimum absolute atomic E-state index is 0.705. The Kier molecular flexibility index (Phi) is 1.30. The quantitative estimate of drug-likeness (QED) is 0.541. The fourth-order valence-electron chi connectivity index (χ4n) is 0.913. The topological polar surface area (TPSA) is 30.5 Å². The van der Waals surface area contributed by atoms with Crippen LogP contribution in [0.15, 0.2) is 24.3 Å². The fraction of sp³-hybridized carbons (Fsp3) is 0.143. The molecule has 0 aliphatic carbocycles. The normalized spacial score (nSPS) is 15.6. The summed E-state index contributed by atoms with van der Waals surface area (Å²) in [5.41, 5.74) is 3.74. The summed E-state index contributed by atoms with van der Waals surface area (Å²) in [6, 6.07) is 7.74. The Labute approximate surface area is 58.5 Å². The lowest BCUT2D eigenvalue weighted by Crippen LogP contribution is -2.22. The lowest BCUT2D eigenvalue weighted by Gasteiger charge is -2.14. The molecular formula is C7H7NO2. The number of hydrogen-bond acceptors (Lipinski definition) is 3. The fourth-order valence-corrected chi connectivity index (χ4v) is 0.913. The Morgan fingerprint density at radius 1 is 1.30 bits per heavy atom. The van der Waals surface area contributed by atoms with Crippen LogP contribution in [-0.2, 0) is 11.5 Å². The van der Waals surface area contributed by atoms with E-state index in [1.807, 2.05) is 24.3 Å². The first-order valence-electron chi connectivity index (χ1n) is 3.11. The van der Waals surface area contributed by atoms with Crippen LogP contribution >= 0.6 is 0 Å². The van der Waals surface area contributed by atoms with Gasteiger partial charge in [-0.25, -0.2) is 0 Å². The van der Waals surface area contributed by atoms with E-state index in [4.69, 9.17) is 4.89 Å². The standard InChI is InChI=1S/C7H7NO2/c1-2-4-7-6(3-1)5-8-10-9-7/h1-4,8H,5H2. The second kappa shape index (κ2) is 2.28. The molecule has 0 amide bonds. The van der Waals surface area contributed by atoms with E-state index in [1.54, 1.807) is 0 Å². The molecule has 0 aromatic heterocycles. The molecule has 52 valence electrons.